The molecule has 1 aliphatic rings. The average molecular weight is 426 g/mol. The molecular weight excluding hydrogens is 402 g/mol. The standard InChI is InChI=1S/C22H24BrN3O/c1-22(2,3)26-14-16(12-20(26)27)21-24-18-6-4-5-7-19(18)25(21)13-15-8-10-17(23)11-9-15/h4-11,16H,12-14H2,1-3H3/t16-/m1/s1. The van der Waals surface area contributed by atoms with Crippen LogP contribution in [0.5, 0.6) is 0 Å². The third-order valence-corrected chi connectivity index (χ3v) is 5.77. The molecule has 0 aliphatic carbocycles. The van der Waals surface area contributed by atoms with Crippen LogP contribution in [0.2, 0.25) is 0 Å². The highest BCUT2D eigenvalue weighted by Crippen LogP contribution is 2.34. The van der Waals surface area contributed by atoms with E-state index in [-0.39, 0.29) is 17.4 Å². The zero-order valence-corrected chi connectivity index (χ0v) is 17.5. The molecule has 0 saturated carbocycles. The second-order valence-corrected chi connectivity index (χ2v) is 9.16. The third kappa shape index (κ3) is 3.53. The van der Waals surface area contributed by atoms with Crippen LogP contribution in [0.25, 0.3) is 11.0 Å². The molecule has 4 nitrogen and oxygen atoms in total. The van der Waals surface area contributed by atoms with Crippen LogP contribution in [0, 0.1) is 0 Å². The molecule has 2 aromatic carbocycles. The van der Waals surface area contributed by atoms with E-state index >= 15 is 0 Å². The first-order valence-electron chi connectivity index (χ1n) is 9.33. The average Bonchev–Trinajstić information content (AvgIpc) is 3.18. The lowest BCUT2D eigenvalue weighted by atomic mass is 10.1. The summed E-state index contributed by atoms with van der Waals surface area (Å²) in [6.07, 6.45) is 0.529. The molecule has 1 aromatic heterocycles. The SMILES string of the molecule is CC(C)(C)N1C[C@H](c2nc3ccccc3n2Cc2ccc(Br)cc2)CC1=O. The number of fused-ring (bicyclic) bond motifs is 1. The van der Waals surface area contributed by atoms with Gasteiger partial charge >= 0.3 is 0 Å². The van der Waals surface area contributed by atoms with Crippen molar-refractivity contribution in [2.75, 3.05) is 6.54 Å². The summed E-state index contributed by atoms with van der Waals surface area (Å²) < 4.78 is 3.35. The number of hydrogen-bond donors (Lipinski definition) is 0. The molecule has 1 atom stereocenters. The van der Waals surface area contributed by atoms with Gasteiger partial charge in [0.25, 0.3) is 0 Å². The van der Waals surface area contributed by atoms with Gasteiger partial charge in [0.1, 0.15) is 5.82 Å². The number of carbonyl (C=O) groups excluding carboxylic acids is 1. The molecule has 1 saturated heterocycles. The Bertz CT molecular complexity index is 985. The Morgan fingerprint density at radius 3 is 2.48 bits per heavy atom. The highest BCUT2D eigenvalue weighted by atomic mass is 79.9. The first kappa shape index (κ1) is 18.2. The molecular formula is C22H24BrN3O. The number of carbonyl (C=O) groups is 1. The lowest BCUT2D eigenvalue weighted by Gasteiger charge is -2.32. The van der Waals surface area contributed by atoms with Gasteiger partial charge < -0.3 is 9.47 Å². The Kier molecular flexibility index (Phi) is 4.58. The Morgan fingerprint density at radius 2 is 1.81 bits per heavy atom. The maximum Gasteiger partial charge on any atom is 0.223 e. The van der Waals surface area contributed by atoms with Gasteiger partial charge in [-0.15, -0.1) is 0 Å². The van der Waals surface area contributed by atoms with Crippen molar-refractivity contribution < 1.29 is 4.79 Å². The summed E-state index contributed by atoms with van der Waals surface area (Å²) in [7, 11) is 0. The fourth-order valence-corrected chi connectivity index (χ4v) is 4.14. The Labute approximate surface area is 168 Å². The van der Waals surface area contributed by atoms with Crippen molar-refractivity contribution in [1.29, 1.82) is 0 Å². The second kappa shape index (κ2) is 6.79. The van der Waals surface area contributed by atoms with Gasteiger partial charge in [-0.3, -0.25) is 4.79 Å². The normalized spacial score (nSPS) is 17.9. The van der Waals surface area contributed by atoms with Gasteiger partial charge in [0.05, 0.1) is 11.0 Å². The Hall–Kier alpha value is -2.14. The lowest BCUT2D eigenvalue weighted by Crippen LogP contribution is -2.42. The van der Waals surface area contributed by atoms with Crippen molar-refractivity contribution in [2.45, 2.75) is 45.2 Å². The summed E-state index contributed by atoms with van der Waals surface area (Å²) in [5.74, 6) is 1.36. The van der Waals surface area contributed by atoms with Crippen LogP contribution in [0.15, 0.2) is 53.0 Å². The maximum atomic E-state index is 12.6. The van der Waals surface area contributed by atoms with Gasteiger partial charge in [0.2, 0.25) is 5.91 Å². The highest BCUT2D eigenvalue weighted by molar-refractivity contribution is 9.10. The number of aromatic nitrogens is 2. The van der Waals surface area contributed by atoms with Crippen LogP contribution in [0.3, 0.4) is 0 Å². The topological polar surface area (TPSA) is 38.1 Å². The summed E-state index contributed by atoms with van der Waals surface area (Å²) in [5.41, 5.74) is 3.18. The minimum atomic E-state index is -0.158. The summed E-state index contributed by atoms with van der Waals surface area (Å²) in [5, 5.41) is 0. The molecule has 5 heteroatoms. The molecule has 3 aromatic rings. The molecule has 0 bridgehead atoms. The van der Waals surface area contributed by atoms with E-state index < -0.39 is 0 Å². The number of hydrogen-bond acceptors (Lipinski definition) is 2. The van der Waals surface area contributed by atoms with E-state index in [1.54, 1.807) is 0 Å². The van der Waals surface area contributed by atoms with Crippen molar-refractivity contribution in [3.05, 3.63) is 64.4 Å². The molecule has 0 N–H and O–H groups in total. The molecule has 0 unspecified atom stereocenters. The number of halogens is 1. The van der Waals surface area contributed by atoms with E-state index in [9.17, 15) is 4.79 Å². The third-order valence-electron chi connectivity index (χ3n) is 5.24. The summed E-state index contributed by atoms with van der Waals surface area (Å²) in [6, 6.07) is 16.6. The predicted octanol–water partition coefficient (Wildman–Crippen LogP) is 4.96. The van der Waals surface area contributed by atoms with Crippen LogP contribution in [-0.2, 0) is 11.3 Å². The molecule has 140 valence electrons. The largest absolute Gasteiger partial charge is 0.337 e. The van der Waals surface area contributed by atoms with E-state index in [2.05, 4.69) is 77.7 Å². The van der Waals surface area contributed by atoms with E-state index in [4.69, 9.17) is 4.98 Å². The van der Waals surface area contributed by atoms with Crippen LogP contribution < -0.4 is 0 Å². The molecule has 1 amide bonds. The summed E-state index contributed by atoms with van der Waals surface area (Å²) in [4.78, 5) is 19.5. The van der Waals surface area contributed by atoms with Crippen molar-refractivity contribution in [3.8, 4) is 0 Å². The van der Waals surface area contributed by atoms with Crippen molar-refractivity contribution in [3.63, 3.8) is 0 Å². The number of likely N-dealkylation sites (tertiary alicyclic amines) is 1. The van der Waals surface area contributed by atoms with Gasteiger partial charge in [-0.2, -0.15) is 0 Å². The van der Waals surface area contributed by atoms with Crippen molar-refractivity contribution in [2.24, 2.45) is 0 Å². The second-order valence-electron chi connectivity index (χ2n) is 8.25. The number of nitrogens with zero attached hydrogens (tertiary/aromatic N) is 3. The van der Waals surface area contributed by atoms with Gasteiger partial charge in [-0.25, -0.2) is 4.98 Å². The maximum absolute atomic E-state index is 12.6. The molecule has 1 fully saturated rings. The fraction of sp³-hybridized carbons (Fsp3) is 0.364. The Balaban J connectivity index is 1.74. The Morgan fingerprint density at radius 1 is 1.11 bits per heavy atom. The van der Waals surface area contributed by atoms with Crippen LogP contribution in [0.1, 0.15) is 44.5 Å². The van der Waals surface area contributed by atoms with Crippen molar-refractivity contribution >= 4 is 32.9 Å². The van der Waals surface area contributed by atoms with E-state index in [0.29, 0.717) is 6.42 Å². The number of amides is 1. The molecule has 27 heavy (non-hydrogen) atoms. The van der Waals surface area contributed by atoms with Crippen molar-refractivity contribution in [1.82, 2.24) is 14.5 Å². The molecule has 2 heterocycles. The number of rotatable bonds is 3. The van der Waals surface area contributed by atoms with E-state index in [1.807, 2.05) is 17.0 Å². The number of benzene rings is 2. The monoisotopic (exact) mass is 425 g/mol. The van der Waals surface area contributed by atoms with Crippen LogP contribution in [0.4, 0.5) is 0 Å². The number of imidazole rings is 1. The molecule has 4 rings (SSSR count). The van der Waals surface area contributed by atoms with Gasteiger partial charge in [0.15, 0.2) is 0 Å². The number of para-hydroxylation sites is 2. The fourth-order valence-electron chi connectivity index (χ4n) is 3.87. The first-order valence-corrected chi connectivity index (χ1v) is 10.1. The highest BCUT2D eigenvalue weighted by Gasteiger charge is 2.38. The zero-order valence-electron chi connectivity index (χ0n) is 15.9. The lowest BCUT2D eigenvalue weighted by molar-refractivity contribution is -0.131. The first-order chi connectivity index (χ1) is 12.8. The molecule has 1 aliphatic heterocycles. The minimum Gasteiger partial charge on any atom is -0.337 e. The van der Waals surface area contributed by atoms with Crippen LogP contribution in [-0.4, -0.2) is 32.4 Å². The van der Waals surface area contributed by atoms with Gasteiger partial charge in [-0.05, 0) is 50.6 Å². The van der Waals surface area contributed by atoms with Crippen LogP contribution >= 0.6 is 15.9 Å². The van der Waals surface area contributed by atoms with E-state index in [1.165, 1.54) is 5.56 Å². The summed E-state index contributed by atoms with van der Waals surface area (Å²) >= 11 is 3.50. The zero-order chi connectivity index (χ0) is 19.2. The smallest absolute Gasteiger partial charge is 0.223 e. The summed E-state index contributed by atoms with van der Waals surface area (Å²) in [6.45, 7) is 7.77. The van der Waals surface area contributed by atoms with Gasteiger partial charge in [0, 0.05) is 35.4 Å². The van der Waals surface area contributed by atoms with E-state index in [0.717, 1.165) is 34.4 Å². The van der Waals surface area contributed by atoms with Gasteiger partial charge in [-0.1, -0.05) is 40.2 Å². The quantitative estimate of drug-likeness (QED) is 0.594. The molecule has 0 spiro atoms. The molecule has 0 radical (unpaired) electrons. The minimum absolute atomic E-state index is 0.125. The predicted molar refractivity (Wildman–Crippen MR) is 112 cm³/mol.